The van der Waals surface area contributed by atoms with Crippen LogP contribution in [0.4, 0.5) is 5.69 Å². The Labute approximate surface area is 144 Å². The SMILES string of the molecule is Cc1ccccc1OCc1csc(C(=O)Nc2cnn(C)c2C)c1. The summed E-state index contributed by atoms with van der Waals surface area (Å²) in [5.74, 6) is 0.735. The van der Waals surface area contributed by atoms with Crippen molar-refractivity contribution in [2.24, 2.45) is 7.05 Å². The molecular weight excluding hydrogens is 322 g/mol. The molecule has 2 heterocycles. The van der Waals surface area contributed by atoms with Gasteiger partial charge in [-0.15, -0.1) is 11.3 Å². The Morgan fingerprint density at radius 1 is 1.33 bits per heavy atom. The second-order valence-corrected chi connectivity index (χ2v) is 6.51. The molecule has 1 N–H and O–H groups in total. The summed E-state index contributed by atoms with van der Waals surface area (Å²) in [5.41, 5.74) is 3.73. The smallest absolute Gasteiger partial charge is 0.265 e. The Hall–Kier alpha value is -2.60. The number of aromatic nitrogens is 2. The summed E-state index contributed by atoms with van der Waals surface area (Å²) in [5, 5.41) is 8.96. The number of ether oxygens (including phenoxy) is 1. The molecule has 0 saturated carbocycles. The van der Waals surface area contributed by atoms with Crippen LogP contribution in [0.25, 0.3) is 0 Å². The first kappa shape index (κ1) is 16.3. The van der Waals surface area contributed by atoms with E-state index in [1.54, 1.807) is 10.9 Å². The van der Waals surface area contributed by atoms with Gasteiger partial charge in [0.1, 0.15) is 12.4 Å². The van der Waals surface area contributed by atoms with Crippen LogP contribution < -0.4 is 10.1 Å². The number of nitrogens with one attached hydrogen (secondary N) is 1. The van der Waals surface area contributed by atoms with Crippen LogP contribution in [-0.2, 0) is 13.7 Å². The van der Waals surface area contributed by atoms with Gasteiger partial charge < -0.3 is 10.1 Å². The van der Waals surface area contributed by atoms with E-state index in [1.807, 2.05) is 56.6 Å². The highest BCUT2D eigenvalue weighted by molar-refractivity contribution is 7.12. The number of hydrogen-bond acceptors (Lipinski definition) is 4. The van der Waals surface area contributed by atoms with Crippen LogP contribution >= 0.6 is 11.3 Å². The van der Waals surface area contributed by atoms with E-state index >= 15 is 0 Å². The minimum atomic E-state index is -0.127. The van der Waals surface area contributed by atoms with Gasteiger partial charge in [-0.25, -0.2) is 0 Å². The summed E-state index contributed by atoms with van der Waals surface area (Å²) in [7, 11) is 1.84. The third kappa shape index (κ3) is 3.49. The number of amides is 1. The van der Waals surface area contributed by atoms with Gasteiger partial charge in [-0.1, -0.05) is 18.2 Å². The number of carbonyl (C=O) groups excluding carboxylic acids is 1. The number of anilines is 1. The normalized spacial score (nSPS) is 10.6. The number of aryl methyl sites for hydroxylation is 2. The lowest BCUT2D eigenvalue weighted by molar-refractivity contribution is 0.103. The third-order valence-electron chi connectivity index (χ3n) is 3.85. The molecule has 124 valence electrons. The number of thiophene rings is 1. The van der Waals surface area contributed by atoms with Crippen molar-refractivity contribution in [3.8, 4) is 5.75 Å². The van der Waals surface area contributed by atoms with Crippen LogP contribution in [-0.4, -0.2) is 15.7 Å². The molecule has 0 aliphatic carbocycles. The van der Waals surface area contributed by atoms with Crippen LogP contribution in [0.2, 0.25) is 0 Å². The van der Waals surface area contributed by atoms with Gasteiger partial charge in [-0.05, 0) is 36.9 Å². The average molecular weight is 341 g/mol. The van der Waals surface area contributed by atoms with Crippen molar-refractivity contribution in [1.29, 1.82) is 0 Å². The highest BCUT2D eigenvalue weighted by Gasteiger charge is 2.13. The van der Waals surface area contributed by atoms with Crippen LogP contribution in [0.5, 0.6) is 5.75 Å². The molecule has 6 heteroatoms. The molecule has 5 nitrogen and oxygen atoms in total. The second-order valence-electron chi connectivity index (χ2n) is 5.59. The fraction of sp³-hybridized carbons (Fsp3) is 0.222. The summed E-state index contributed by atoms with van der Waals surface area (Å²) in [6.45, 7) is 4.37. The Morgan fingerprint density at radius 3 is 2.83 bits per heavy atom. The number of carbonyl (C=O) groups is 1. The molecule has 2 aromatic heterocycles. The maximum Gasteiger partial charge on any atom is 0.265 e. The second kappa shape index (κ2) is 6.88. The Morgan fingerprint density at radius 2 is 2.12 bits per heavy atom. The van der Waals surface area contributed by atoms with Gasteiger partial charge in [0.25, 0.3) is 5.91 Å². The maximum absolute atomic E-state index is 12.3. The minimum absolute atomic E-state index is 0.127. The van der Waals surface area contributed by atoms with Crippen LogP contribution in [0, 0.1) is 13.8 Å². The predicted molar refractivity (Wildman–Crippen MR) is 95.7 cm³/mol. The highest BCUT2D eigenvalue weighted by Crippen LogP contribution is 2.22. The Bertz CT molecular complexity index is 867. The molecule has 0 aliphatic heterocycles. The molecule has 24 heavy (non-hydrogen) atoms. The fourth-order valence-electron chi connectivity index (χ4n) is 2.26. The molecule has 3 aromatic rings. The zero-order valence-electron chi connectivity index (χ0n) is 13.9. The van der Waals surface area contributed by atoms with Crippen molar-refractivity contribution in [1.82, 2.24) is 9.78 Å². The molecule has 0 saturated heterocycles. The zero-order chi connectivity index (χ0) is 17.1. The number of benzene rings is 1. The quantitative estimate of drug-likeness (QED) is 0.765. The first-order valence-corrected chi connectivity index (χ1v) is 8.48. The summed E-state index contributed by atoms with van der Waals surface area (Å²) < 4.78 is 7.55. The summed E-state index contributed by atoms with van der Waals surface area (Å²) >= 11 is 1.41. The lowest BCUT2D eigenvalue weighted by Crippen LogP contribution is -2.11. The van der Waals surface area contributed by atoms with E-state index in [0.717, 1.165) is 28.3 Å². The molecule has 0 unspecified atom stereocenters. The van der Waals surface area contributed by atoms with Crippen molar-refractivity contribution >= 4 is 22.9 Å². The molecule has 0 aliphatic rings. The van der Waals surface area contributed by atoms with Crippen molar-refractivity contribution in [3.05, 3.63) is 63.6 Å². The fourth-order valence-corrected chi connectivity index (χ4v) is 3.05. The van der Waals surface area contributed by atoms with Gasteiger partial charge in [0.2, 0.25) is 0 Å². The largest absolute Gasteiger partial charge is 0.489 e. The van der Waals surface area contributed by atoms with Crippen LogP contribution in [0.3, 0.4) is 0 Å². The molecule has 1 amide bonds. The first-order valence-electron chi connectivity index (χ1n) is 7.60. The molecule has 3 rings (SSSR count). The summed E-state index contributed by atoms with van der Waals surface area (Å²) in [6, 6.07) is 9.75. The van der Waals surface area contributed by atoms with Crippen molar-refractivity contribution in [2.75, 3.05) is 5.32 Å². The standard InChI is InChI=1S/C18H19N3O2S/c1-12-6-4-5-7-16(12)23-10-14-8-17(24-11-14)18(22)20-15-9-19-21(3)13(15)2/h4-9,11H,10H2,1-3H3,(H,20,22). The summed E-state index contributed by atoms with van der Waals surface area (Å²) in [6.07, 6.45) is 1.66. The van der Waals surface area contributed by atoms with E-state index in [0.29, 0.717) is 11.5 Å². The first-order chi connectivity index (χ1) is 11.5. The maximum atomic E-state index is 12.3. The van der Waals surface area contributed by atoms with Crippen LogP contribution in [0.15, 0.2) is 41.9 Å². The molecule has 0 fully saturated rings. The van der Waals surface area contributed by atoms with Gasteiger partial charge in [-0.2, -0.15) is 5.10 Å². The monoisotopic (exact) mass is 341 g/mol. The lowest BCUT2D eigenvalue weighted by Gasteiger charge is -2.07. The minimum Gasteiger partial charge on any atom is -0.489 e. The van der Waals surface area contributed by atoms with Crippen molar-refractivity contribution in [3.63, 3.8) is 0 Å². The highest BCUT2D eigenvalue weighted by atomic mass is 32.1. The van der Waals surface area contributed by atoms with Gasteiger partial charge >= 0.3 is 0 Å². The Balaban J connectivity index is 1.63. The zero-order valence-corrected chi connectivity index (χ0v) is 14.7. The lowest BCUT2D eigenvalue weighted by atomic mass is 10.2. The van der Waals surface area contributed by atoms with E-state index in [1.165, 1.54) is 11.3 Å². The molecule has 0 radical (unpaired) electrons. The molecular formula is C18H19N3O2S. The van der Waals surface area contributed by atoms with E-state index in [4.69, 9.17) is 4.74 Å². The summed E-state index contributed by atoms with van der Waals surface area (Å²) in [4.78, 5) is 13.0. The molecule has 1 aromatic carbocycles. The van der Waals surface area contributed by atoms with Gasteiger partial charge in [-0.3, -0.25) is 9.48 Å². The predicted octanol–water partition coefficient (Wildman–Crippen LogP) is 3.93. The number of para-hydroxylation sites is 1. The molecule has 0 bridgehead atoms. The van der Waals surface area contributed by atoms with Gasteiger partial charge in [0.15, 0.2) is 0 Å². The third-order valence-corrected chi connectivity index (χ3v) is 4.83. The number of hydrogen-bond donors (Lipinski definition) is 1. The Kier molecular flexibility index (Phi) is 4.66. The van der Waals surface area contributed by atoms with Crippen LogP contribution in [0.1, 0.15) is 26.5 Å². The number of rotatable bonds is 5. The molecule has 0 spiro atoms. The topological polar surface area (TPSA) is 56.1 Å². The van der Waals surface area contributed by atoms with E-state index in [9.17, 15) is 4.79 Å². The van der Waals surface area contributed by atoms with Crippen molar-refractivity contribution < 1.29 is 9.53 Å². The van der Waals surface area contributed by atoms with Gasteiger partial charge in [0.05, 0.1) is 22.5 Å². The van der Waals surface area contributed by atoms with E-state index in [-0.39, 0.29) is 5.91 Å². The van der Waals surface area contributed by atoms with E-state index < -0.39 is 0 Å². The van der Waals surface area contributed by atoms with Crippen molar-refractivity contribution in [2.45, 2.75) is 20.5 Å². The molecule has 0 atom stereocenters. The van der Waals surface area contributed by atoms with Gasteiger partial charge in [0, 0.05) is 12.6 Å². The number of nitrogens with zero attached hydrogens (tertiary/aromatic N) is 2. The van der Waals surface area contributed by atoms with E-state index in [2.05, 4.69) is 10.4 Å². The average Bonchev–Trinajstić information content (AvgIpc) is 3.16.